The zero-order chi connectivity index (χ0) is 21.0. The first-order valence-electron chi connectivity index (χ1n) is 9.05. The lowest BCUT2D eigenvalue weighted by Gasteiger charge is -2.26. The van der Waals surface area contributed by atoms with Crippen LogP contribution in [0.25, 0.3) is 0 Å². The fraction of sp³-hybridized carbons (Fsp3) is 0.316. The van der Waals surface area contributed by atoms with E-state index in [2.05, 4.69) is 15.6 Å². The Labute approximate surface area is 169 Å². The quantitative estimate of drug-likeness (QED) is 0.694. The SMILES string of the molecule is CN(C)c1cc(CNC(=O)c2cccc(S(=O)(=O)N3CCNC(=O)C3)c2)ccn1. The van der Waals surface area contributed by atoms with E-state index in [0.29, 0.717) is 0 Å². The third kappa shape index (κ3) is 4.90. The van der Waals surface area contributed by atoms with Crippen molar-refractivity contribution in [1.82, 2.24) is 19.9 Å². The molecule has 1 aliphatic rings. The fourth-order valence-electron chi connectivity index (χ4n) is 2.87. The lowest BCUT2D eigenvalue weighted by atomic mass is 10.2. The van der Waals surface area contributed by atoms with Gasteiger partial charge in [-0.3, -0.25) is 9.59 Å². The maximum atomic E-state index is 12.8. The predicted molar refractivity (Wildman–Crippen MR) is 108 cm³/mol. The number of nitrogens with one attached hydrogen (secondary N) is 2. The first kappa shape index (κ1) is 20.7. The van der Waals surface area contributed by atoms with Gasteiger partial charge in [0.15, 0.2) is 0 Å². The Hall–Kier alpha value is -2.98. The molecule has 154 valence electrons. The molecule has 2 aromatic rings. The Kier molecular flexibility index (Phi) is 6.14. The first-order chi connectivity index (χ1) is 13.8. The van der Waals surface area contributed by atoms with Gasteiger partial charge in [0.25, 0.3) is 5.91 Å². The van der Waals surface area contributed by atoms with Crippen LogP contribution in [0.5, 0.6) is 0 Å². The minimum absolute atomic E-state index is 0.0151. The Balaban J connectivity index is 1.72. The molecule has 1 fully saturated rings. The molecular formula is C19H23N5O4S. The van der Waals surface area contributed by atoms with E-state index in [9.17, 15) is 18.0 Å². The van der Waals surface area contributed by atoms with Crippen LogP contribution in [-0.2, 0) is 21.4 Å². The van der Waals surface area contributed by atoms with Crippen LogP contribution >= 0.6 is 0 Å². The molecular weight excluding hydrogens is 394 g/mol. The molecule has 0 atom stereocenters. The summed E-state index contributed by atoms with van der Waals surface area (Å²) in [6, 6.07) is 9.48. The molecule has 10 heteroatoms. The fourth-order valence-corrected chi connectivity index (χ4v) is 4.31. The van der Waals surface area contributed by atoms with Crippen molar-refractivity contribution in [3.8, 4) is 0 Å². The number of carbonyl (C=O) groups is 2. The maximum Gasteiger partial charge on any atom is 0.251 e. The van der Waals surface area contributed by atoms with Gasteiger partial charge < -0.3 is 15.5 Å². The van der Waals surface area contributed by atoms with Crippen LogP contribution in [0, 0.1) is 0 Å². The van der Waals surface area contributed by atoms with Gasteiger partial charge in [0.2, 0.25) is 15.9 Å². The monoisotopic (exact) mass is 417 g/mol. The summed E-state index contributed by atoms with van der Waals surface area (Å²) in [6.07, 6.45) is 1.67. The number of nitrogens with zero attached hydrogens (tertiary/aromatic N) is 3. The van der Waals surface area contributed by atoms with Crippen LogP contribution in [0.3, 0.4) is 0 Å². The number of carbonyl (C=O) groups excluding carboxylic acids is 2. The molecule has 2 amide bonds. The van der Waals surface area contributed by atoms with Gasteiger partial charge >= 0.3 is 0 Å². The third-order valence-electron chi connectivity index (χ3n) is 4.46. The largest absolute Gasteiger partial charge is 0.363 e. The van der Waals surface area contributed by atoms with E-state index in [-0.39, 0.29) is 48.5 Å². The number of amides is 2. The molecule has 1 aromatic carbocycles. The summed E-state index contributed by atoms with van der Waals surface area (Å²) in [7, 11) is -0.0994. The molecule has 2 heterocycles. The number of anilines is 1. The van der Waals surface area contributed by atoms with E-state index >= 15 is 0 Å². The predicted octanol–water partition coefficient (Wildman–Crippen LogP) is 0.198. The lowest BCUT2D eigenvalue weighted by Crippen LogP contribution is -2.49. The molecule has 0 unspecified atom stereocenters. The second kappa shape index (κ2) is 8.58. The number of rotatable bonds is 6. The molecule has 1 saturated heterocycles. The molecule has 2 N–H and O–H groups in total. The number of sulfonamides is 1. The van der Waals surface area contributed by atoms with Gasteiger partial charge in [-0.25, -0.2) is 13.4 Å². The van der Waals surface area contributed by atoms with E-state index in [1.807, 2.05) is 25.1 Å². The normalized spacial score (nSPS) is 14.9. The number of benzene rings is 1. The minimum atomic E-state index is -3.85. The van der Waals surface area contributed by atoms with Gasteiger partial charge in [0, 0.05) is 45.5 Å². The van der Waals surface area contributed by atoms with Gasteiger partial charge in [-0.15, -0.1) is 0 Å². The highest BCUT2D eigenvalue weighted by Gasteiger charge is 2.29. The summed E-state index contributed by atoms with van der Waals surface area (Å²) in [4.78, 5) is 30.1. The van der Waals surface area contributed by atoms with Crippen molar-refractivity contribution in [3.05, 3.63) is 53.7 Å². The van der Waals surface area contributed by atoms with E-state index < -0.39 is 10.0 Å². The Morgan fingerprint density at radius 2 is 2.07 bits per heavy atom. The average Bonchev–Trinajstić information content (AvgIpc) is 2.72. The molecule has 0 bridgehead atoms. The van der Waals surface area contributed by atoms with E-state index in [4.69, 9.17) is 0 Å². The summed E-state index contributed by atoms with van der Waals surface area (Å²) >= 11 is 0. The van der Waals surface area contributed by atoms with Gasteiger partial charge in [0.05, 0.1) is 11.4 Å². The second-order valence-electron chi connectivity index (χ2n) is 6.82. The maximum absolute atomic E-state index is 12.8. The Bertz CT molecular complexity index is 1020. The summed E-state index contributed by atoms with van der Waals surface area (Å²) in [6.45, 7) is 0.514. The van der Waals surface area contributed by atoms with Crippen molar-refractivity contribution in [2.75, 3.05) is 38.6 Å². The van der Waals surface area contributed by atoms with Gasteiger partial charge in [-0.05, 0) is 35.9 Å². The van der Waals surface area contributed by atoms with Crippen molar-refractivity contribution in [1.29, 1.82) is 0 Å². The van der Waals surface area contributed by atoms with Gasteiger partial charge in [0.1, 0.15) is 5.82 Å². The zero-order valence-corrected chi connectivity index (χ0v) is 17.1. The van der Waals surface area contributed by atoms with Crippen molar-refractivity contribution in [2.24, 2.45) is 0 Å². The number of hydrogen-bond donors (Lipinski definition) is 2. The number of hydrogen-bond acceptors (Lipinski definition) is 6. The highest BCUT2D eigenvalue weighted by molar-refractivity contribution is 7.89. The highest BCUT2D eigenvalue weighted by Crippen LogP contribution is 2.18. The topological polar surface area (TPSA) is 112 Å². The molecule has 29 heavy (non-hydrogen) atoms. The average molecular weight is 417 g/mol. The molecule has 0 radical (unpaired) electrons. The molecule has 1 aromatic heterocycles. The van der Waals surface area contributed by atoms with Crippen molar-refractivity contribution >= 4 is 27.7 Å². The number of aromatic nitrogens is 1. The molecule has 0 aliphatic carbocycles. The summed E-state index contributed by atoms with van der Waals surface area (Å²) in [5.41, 5.74) is 1.11. The molecule has 0 saturated carbocycles. The van der Waals surface area contributed by atoms with Crippen molar-refractivity contribution in [3.63, 3.8) is 0 Å². The summed E-state index contributed by atoms with van der Waals surface area (Å²) < 4.78 is 26.7. The molecule has 0 spiro atoms. The van der Waals surface area contributed by atoms with Gasteiger partial charge in [-0.2, -0.15) is 4.31 Å². The van der Waals surface area contributed by atoms with Crippen LogP contribution in [0.4, 0.5) is 5.82 Å². The first-order valence-corrected chi connectivity index (χ1v) is 10.5. The van der Waals surface area contributed by atoms with Crippen LogP contribution < -0.4 is 15.5 Å². The van der Waals surface area contributed by atoms with Crippen LogP contribution in [0.15, 0.2) is 47.5 Å². The van der Waals surface area contributed by atoms with Crippen LogP contribution in [-0.4, -0.2) is 63.3 Å². The standard InChI is InChI=1S/C19H23N5O4S/c1-23(2)17-10-14(6-7-20-17)12-22-19(26)15-4-3-5-16(11-15)29(27,28)24-9-8-21-18(25)13-24/h3-7,10-11H,8-9,12-13H2,1-2H3,(H,21,25)(H,22,26). The number of pyridine rings is 1. The zero-order valence-electron chi connectivity index (χ0n) is 16.3. The van der Waals surface area contributed by atoms with Crippen molar-refractivity contribution in [2.45, 2.75) is 11.4 Å². The van der Waals surface area contributed by atoms with E-state index in [1.54, 1.807) is 18.3 Å². The summed E-state index contributed by atoms with van der Waals surface area (Å²) in [5.74, 6) is 0.0419. The highest BCUT2D eigenvalue weighted by atomic mass is 32.2. The van der Waals surface area contributed by atoms with Crippen molar-refractivity contribution < 1.29 is 18.0 Å². The number of piperazine rings is 1. The smallest absolute Gasteiger partial charge is 0.251 e. The summed E-state index contributed by atoms with van der Waals surface area (Å²) in [5, 5.41) is 5.38. The van der Waals surface area contributed by atoms with Crippen LogP contribution in [0.2, 0.25) is 0 Å². The Morgan fingerprint density at radius 3 is 2.79 bits per heavy atom. The second-order valence-corrected chi connectivity index (χ2v) is 8.75. The molecule has 1 aliphatic heterocycles. The van der Waals surface area contributed by atoms with E-state index in [1.165, 1.54) is 18.2 Å². The Morgan fingerprint density at radius 1 is 1.28 bits per heavy atom. The minimum Gasteiger partial charge on any atom is -0.363 e. The lowest BCUT2D eigenvalue weighted by molar-refractivity contribution is -0.122. The van der Waals surface area contributed by atoms with Crippen LogP contribution in [0.1, 0.15) is 15.9 Å². The van der Waals surface area contributed by atoms with Gasteiger partial charge in [-0.1, -0.05) is 6.07 Å². The molecule has 9 nitrogen and oxygen atoms in total. The third-order valence-corrected chi connectivity index (χ3v) is 6.30. The van der Waals surface area contributed by atoms with E-state index in [0.717, 1.165) is 15.7 Å². The molecule has 3 rings (SSSR count).